The molecule has 0 radical (unpaired) electrons. The predicted octanol–water partition coefficient (Wildman–Crippen LogP) is 8.41. The molecule has 0 bridgehead atoms. The number of benzene rings is 4. The maximum absolute atomic E-state index is 13.5. The number of carbonyl (C=O) groups excluding carboxylic acids is 1. The van der Waals surface area contributed by atoms with Crippen LogP contribution in [0.3, 0.4) is 0 Å². The lowest BCUT2D eigenvalue weighted by Crippen LogP contribution is -2.51. The Labute approximate surface area is 226 Å². The normalized spacial score (nSPS) is 15.6. The summed E-state index contributed by atoms with van der Waals surface area (Å²) in [7, 11) is 0. The molecule has 0 aromatic heterocycles. The zero-order valence-electron chi connectivity index (χ0n) is 19.4. The van der Waals surface area contributed by atoms with Gasteiger partial charge in [0, 0.05) is 35.2 Å². The first-order valence-electron chi connectivity index (χ1n) is 11.7. The minimum Gasteiger partial charge on any atom is -0.360 e. The zero-order valence-corrected chi connectivity index (χ0v) is 21.6. The van der Waals surface area contributed by atoms with Gasteiger partial charge in [0.1, 0.15) is 0 Å². The molecule has 4 aromatic carbocycles. The zero-order chi connectivity index (χ0) is 25.1. The molecule has 1 aliphatic heterocycles. The van der Waals surface area contributed by atoms with Gasteiger partial charge in [-0.1, -0.05) is 95.5 Å². The molecule has 36 heavy (non-hydrogen) atoms. The Morgan fingerprint density at radius 1 is 0.778 bits per heavy atom. The number of hydrogen-bond acceptors (Lipinski definition) is 2. The van der Waals surface area contributed by atoms with E-state index < -0.39 is 0 Å². The van der Waals surface area contributed by atoms with Crippen LogP contribution in [0.1, 0.15) is 11.6 Å². The highest BCUT2D eigenvalue weighted by molar-refractivity contribution is 6.36. The number of piperazine rings is 1. The number of carbonyl (C=O) groups is 1. The Hall–Kier alpha value is -3.18. The minimum atomic E-state index is -0.140. The molecule has 182 valence electrons. The number of anilines is 2. The van der Waals surface area contributed by atoms with Crippen molar-refractivity contribution in [2.45, 2.75) is 6.04 Å². The van der Waals surface area contributed by atoms with E-state index in [4.69, 9.17) is 34.8 Å². The number of halogens is 3. The number of urea groups is 1. The Bertz CT molecular complexity index is 1360. The van der Waals surface area contributed by atoms with E-state index in [0.717, 1.165) is 28.1 Å². The molecule has 1 unspecified atom stereocenters. The average Bonchev–Trinajstić information content (AvgIpc) is 2.90. The van der Waals surface area contributed by atoms with Crippen LogP contribution in [0.25, 0.3) is 11.1 Å². The molecule has 5 rings (SSSR count). The molecule has 0 saturated carbocycles. The highest BCUT2D eigenvalue weighted by Crippen LogP contribution is 2.37. The third-order valence-corrected chi connectivity index (χ3v) is 7.18. The van der Waals surface area contributed by atoms with Gasteiger partial charge < -0.3 is 15.1 Å². The van der Waals surface area contributed by atoms with Gasteiger partial charge in [0.2, 0.25) is 0 Å². The summed E-state index contributed by atoms with van der Waals surface area (Å²) in [4.78, 5) is 17.5. The molecule has 1 heterocycles. The molecule has 1 atom stereocenters. The molecular weight excluding hydrogens is 513 g/mol. The number of amides is 2. The van der Waals surface area contributed by atoms with Crippen molar-refractivity contribution in [2.75, 3.05) is 29.9 Å². The molecule has 4 aromatic rings. The van der Waals surface area contributed by atoms with E-state index in [0.29, 0.717) is 34.7 Å². The third kappa shape index (κ3) is 5.31. The SMILES string of the molecule is O=C(Nc1ccccc1-c1ccccc1)N1CCN(c2ccc(Cl)cc2Cl)C(c2ccc(Cl)cc2)C1. The first kappa shape index (κ1) is 24.5. The largest absolute Gasteiger partial charge is 0.360 e. The molecule has 0 spiro atoms. The van der Waals surface area contributed by atoms with Crippen LogP contribution in [0.4, 0.5) is 16.2 Å². The lowest BCUT2D eigenvalue weighted by atomic mass is 10.0. The van der Waals surface area contributed by atoms with Crippen LogP contribution >= 0.6 is 34.8 Å². The van der Waals surface area contributed by atoms with Gasteiger partial charge >= 0.3 is 6.03 Å². The molecule has 0 aliphatic carbocycles. The standard InChI is InChI=1S/C29H24Cl3N3O/c30-22-12-10-21(11-13-22)28-19-34(16-17-35(28)27-15-14-23(31)18-25(27)32)29(36)33-26-9-5-4-8-24(26)20-6-2-1-3-7-20/h1-15,18,28H,16-17,19H2,(H,33,36). The molecule has 1 N–H and O–H groups in total. The van der Waals surface area contributed by atoms with Crippen LogP contribution in [0, 0.1) is 0 Å². The molecule has 7 heteroatoms. The topological polar surface area (TPSA) is 35.6 Å². The van der Waals surface area contributed by atoms with Gasteiger partial charge in [0.25, 0.3) is 0 Å². The Morgan fingerprint density at radius 2 is 1.47 bits per heavy atom. The van der Waals surface area contributed by atoms with Crippen molar-refractivity contribution in [1.82, 2.24) is 4.90 Å². The van der Waals surface area contributed by atoms with Gasteiger partial charge in [-0.15, -0.1) is 0 Å². The molecule has 1 saturated heterocycles. The van der Waals surface area contributed by atoms with Gasteiger partial charge in [-0.25, -0.2) is 4.79 Å². The maximum atomic E-state index is 13.5. The molecule has 1 fully saturated rings. The molecule has 4 nitrogen and oxygen atoms in total. The number of para-hydroxylation sites is 1. The highest BCUT2D eigenvalue weighted by atomic mass is 35.5. The number of nitrogens with zero attached hydrogens (tertiary/aromatic N) is 2. The summed E-state index contributed by atoms with van der Waals surface area (Å²) >= 11 is 18.9. The van der Waals surface area contributed by atoms with Crippen LogP contribution < -0.4 is 10.2 Å². The van der Waals surface area contributed by atoms with Crippen molar-refractivity contribution in [3.63, 3.8) is 0 Å². The van der Waals surface area contributed by atoms with Crippen molar-refractivity contribution in [3.05, 3.63) is 118 Å². The minimum absolute atomic E-state index is 0.107. The summed E-state index contributed by atoms with van der Waals surface area (Å²) in [5.74, 6) is 0. The van der Waals surface area contributed by atoms with Crippen LogP contribution in [0.15, 0.2) is 97.1 Å². The monoisotopic (exact) mass is 535 g/mol. The average molecular weight is 537 g/mol. The number of nitrogens with one attached hydrogen (secondary N) is 1. The van der Waals surface area contributed by atoms with Gasteiger partial charge in [-0.05, 0) is 47.5 Å². The highest BCUT2D eigenvalue weighted by Gasteiger charge is 2.32. The van der Waals surface area contributed by atoms with Crippen molar-refractivity contribution in [2.24, 2.45) is 0 Å². The Balaban J connectivity index is 1.41. The van der Waals surface area contributed by atoms with Gasteiger partial charge in [-0.2, -0.15) is 0 Å². The van der Waals surface area contributed by atoms with E-state index in [-0.39, 0.29) is 12.1 Å². The van der Waals surface area contributed by atoms with Crippen molar-refractivity contribution in [3.8, 4) is 11.1 Å². The quantitative estimate of drug-likeness (QED) is 0.284. The van der Waals surface area contributed by atoms with Crippen LogP contribution in [0.2, 0.25) is 15.1 Å². The van der Waals surface area contributed by atoms with Crippen LogP contribution in [-0.4, -0.2) is 30.6 Å². The fraction of sp³-hybridized carbons (Fsp3) is 0.138. The van der Waals surface area contributed by atoms with E-state index in [1.54, 1.807) is 6.07 Å². The summed E-state index contributed by atoms with van der Waals surface area (Å²) in [5.41, 5.74) is 4.74. The van der Waals surface area contributed by atoms with E-state index >= 15 is 0 Å². The second-order valence-electron chi connectivity index (χ2n) is 8.64. The van der Waals surface area contributed by atoms with E-state index in [1.807, 2.05) is 95.9 Å². The smallest absolute Gasteiger partial charge is 0.322 e. The maximum Gasteiger partial charge on any atom is 0.322 e. The van der Waals surface area contributed by atoms with E-state index in [2.05, 4.69) is 10.2 Å². The van der Waals surface area contributed by atoms with Gasteiger partial charge in [0.05, 0.1) is 22.4 Å². The molecular formula is C29H24Cl3N3O. The Kier molecular flexibility index (Phi) is 7.38. The summed E-state index contributed by atoms with van der Waals surface area (Å²) in [6, 6.07) is 30.9. The van der Waals surface area contributed by atoms with Crippen LogP contribution in [0.5, 0.6) is 0 Å². The van der Waals surface area contributed by atoms with Crippen molar-refractivity contribution >= 4 is 52.2 Å². The number of rotatable bonds is 4. The summed E-state index contributed by atoms with van der Waals surface area (Å²) in [6.07, 6.45) is 0. The first-order valence-corrected chi connectivity index (χ1v) is 12.8. The lowest BCUT2D eigenvalue weighted by molar-refractivity contribution is 0.198. The summed E-state index contributed by atoms with van der Waals surface area (Å²) in [6.45, 7) is 1.64. The van der Waals surface area contributed by atoms with Gasteiger partial charge in [-0.3, -0.25) is 0 Å². The molecule has 1 aliphatic rings. The van der Waals surface area contributed by atoms with Gasteiger partial charge in [0.15, 0.2) is 0 Å². The first-order chi connectivity index (χ1) is 17.5. The second kappa shape index (κ2) is 10.8. The predicted molar refractivity (Wildman–Crippen MR) is 150 cm³/mol. The lowest BCUT2D eigenvalue weighted by Gasteiger charge is -2.43. The van der Waals surface area contributed by atoms with E-state index in [9.17, 15) is 4.79 Å². The fourth-order valence-electron chi connectivity index (χ4n) is 4.60. The van der Waals surface area contributed by atoms with Crippen LogP contribution in [-0.2, 0) is 0 Å². The second-order valence-corrected chi connectivity index (χ2v) is 9.92. The van der Waals surface area contributed by atoms with Crippen molar-refractivity contribution < 1.29 is 4.79 Å². The third-order valence-electron chi connectivity index (χ3n) is 6.39. The summed E-state index contributed by atoms with van der Waals surface area (Å²) < 4.78 is 0. The fourth-order valence-corrected chi connectivity index (χ4v) is 5.24. The number of hydrogen-bond donors (Lipinski definition) is 1. The molecule has 2 amide bonds. The van der Waals surface area contributed by atoms with E-state index in [1.165, 1.54) is 0 Å². The summed E-state index contributed by atoms with van der Waals surface area (Å²) in [5, 5.41) is 4.97. The van der Waals surface area contributed by atoms with Crippen molar-refractivity contribution in [1.29, 1.82) is 0 Å². The Morgan fingerprint density at radius 3 is 2.22 bits per heavy atom.